The monoisotopic (exact) mass is 396 g/mol. The molecule has 0 aliphatic carbocycles. The smallest absolute Gasteiger partial charge is 0.241 e. The van der Waals surface area contributed by atoms with Crippen molar-refractivity contribution in [2.45, 2.75) is 24.4 Å². The number of halogens is 1. The van der Waals surface area contributed by atoms with E-state index >= 15 is 0 Å². The Balaban J connectivity index is 2.03. The van der Waals surface area contributed by atoms with Crippen LogP contribution in [0.3, 0.4) is 0 Å². The van der Waals surface area contributed by atoms with Gasteiger partial charge >= 0.3 is 0 Å². The number of nitrogens with one attached hydrogen (secondary N) is 2. The minimum atomic E-state index is -3.95. The molecule has 0 saturated heterocycles. The van der Waals surface area contributed by atoms with E-state index in [-0.39, 0.29) is 23.0 Å². The summed E-state index contributed by atoms with van der Waals surface area (Å²) in [7, 11) is -1.11. The van der Waals surface area contributed by atoms with Crippen molar-refractivity contribution >= 4 is 15.9 Å². The molecule has 2 aromatic rings. The van der Waals surface area contributed by atoms with Gasteiger partial charge in [0.25, 0.3) is 0 Å². The topological polar surface area (TPSA) is 93.7 Å². The number of sulfonamides is 1. The Labute approximate surface area is 157 Å². The molecule has 0 fully saturated rings. The number of hydrogen-bond acceptors (Lipinski definition) is 5. The highest BCUT2D eigenvalue weighted by atomic mass is 32.2. The Morgan fingerprint density at radius 3 is 2.30 bits per heavy atom. The van der Waals surface area contributed by atoms with E-state index in [1.807, 2.05) is 0 Å². The summed E-state index contributed by atoms with van der Waals surface area (Å²) in [6.07, 6.45) is 0. The second-order valence-corrected chi connectivity index (χ2v) is 7.42. The number of methoxy groups -OCH3 is 2. The lowest BCUT2D eigenvalue weighted by Gasteiger charge is -2.15. The normalized spacial score (nSPS) is 12.3. The summed E-state index contributed by atoms with van der Waals surface area (Å²) in [5, 5.41) is 2.60. The van der Waals surface area contributed by atoms with Gasteiger partial charge in [0.05, 0.1) is 25.2 Å². The van der Waals surface area contributed by atoms with Crippen LogP contribution in [-0.2, 0) is 21.4 Å². The summed E-state index contributed by atoms with van der Waals surface area (Å²) in [6, 6.07) is 8.75. The van der Waals surface area contributed by atoms with Crippen molar-refractivity contribution in [1.29, 1.82) is 0 Å². The lowest BCUT2D eigenvalue weighted by Crippen LogP contribution is -2.44. The summed E-state index contributed by atoms with van der Waals surface area (Å²) in [5.41, 5.74) is 0.694. The van der Waals surface area contributed by atoms with Crippen molar-refractivity contribution in [3.63, 3.8) is 0 Å². The minimum Gasteiger partial charge on any atom is -0.493 e. The highest BCUT2D eigenvalue weighted by Gasteiger charge is 2.23. The molecule has 0 radical (unpaired) electrons. The molecular formula is C18H21FN2O5S. The van der Waals surface area contributed by atoms with Gasteiger partial charge < -0.3 is 14.8 Å². The van der Waals surface area contributed by atoms with E-state index < -0.39 is 22.0 Å². The van der Waals surface area contributed by atoms with Crippen LogP contribution < -0.4 is 19.5 Å². The lowest BCUT2D eigenvalue weighted by molar-refractivity contribution is -0.122. The minimum absolute atomic E-state index is 0.0571. The van der Waals surface area contributed by atoms with Gasteiger partial charge in [0.1, 0.15) is 5.82 Å². The second-order valence-electron chi connectivity index (χ2n) is 5.70. The summed E-state index contributed by atoms with van der Waals surface area (Å²) < 4.78 is 50.4. The number of ether oxygens (including phenoxy) is 2. The van der Waals surface area contributed by atoms with Crippen LogP contribution in [0.2, 0.25) is 0 Å². The number of hydrogen-bond donors (Lipinski definition) is 2. The first-order valence-electron chi connectivity index (χ1n) is 8.03. The van der Waals surface area contributed by atoms with Crippen LogP contribution in [0.15, 0.2) is 47.4 Å². The highest BCUT2D eigenvalue weighted by molar-refractivity contribution is 7.89. The van der Waals surface area contributed by atoms with Gasteiger partial charge in [-0.1, -0.05) is 12.1 Å². The Bertz CT molecular complexity index is 900. The van der Waals surface area contributed by atoms with Gasteiger partial charge in [-0.3, -0.25) is 4.79 Å². The summed E-state index contributed by atoms with van der Waals surface area (Å²) >= 11 is 0. The zero-order valence-corrected chi connectivity index (χ0v) is 16.0. The molecule has 146 valence electrons. The Hall–Kier alpha value is -2.65. The number of amides is 1. The third kappa shape index (κ3) is 5.41. The van der Waals surface area contributed by atoms with Crippen LogP contribution in [0.4, 0.5) is 4.39 Å². The average Bonchev–Trinajstić information content (AvgIpc) is 2.66. The van der Waals surface area contributed by atoms with E-state index in [1.54, 1.807) is 0 Å². The molecule has 0 bridgehead atoms. The first-order valence-corrected chi connectivity index (χ1v) is 9.51. The number of carbonyl (C=O) groups excluding carboxylic acids is 1. The molecule has 7 nitrogen and oxygen atoms in total. The first-order chi connectivity index (χ1) is 12.8. The van der Waals surface area contributed by atoms with Gasteiger partial charge in [0, 0.05) is 12.6 Å². The van der Waals surface area contributed by atoms with Crippen molar-refractivity contribution in [3.8, 4) is 11.5 Å². The van der Waals surface area contributed by atoms with Crippen LogP contribution >= 0.6 is 0 Å². The fraction of sp³-hybridized carbons (Fsp3) is 0.278. The fourth-order valence-corrected chi connectivity index (χ4v) is 3.50. The quantitative estimate of drug-likeness (QED) is 0.710. The van der Waals surface area contributed by atoms with Crippen LogP contribution in [0.5, 0.6) is 11.5 Å². The predicted molar refractivity (Wildman–Crippen MR) is 97.6 cm³/mol. The molecule has 2 rings (SSSR count). The van der Waals surface area contributed by atoms with Gasteiger partial charge in [0.2, 0.25) is 15.9 Å². The van der Waals surface area contributed by atoms with Gasteiger partial charge in [-0.15, -0.1) is 0 Å². The van der Waals surface area contributed by atoms with Crippen LogP contribution in [0, 0.1) is 5.82 Å². The third-order valence-corrected chi connectivity index (χ3v) is 5.31. The van der Waals surface area contributed by atoms with Crippen molar-refractivity contribution in [3.05, 3.63) is 53.8 Å². The third-order valence-electron chi connectivity index (χ3n) is 3.77. The molecule has 0 aliphatic heterocycles. The van der Waals surface area contributed by atoms with Crippen molar-refractivity contribution in [1.82, 2.24) is 10.0 Å². The molecule has 1 amide bonds. The Morgan fingerprint density at radius 1 is 1.07 bits per heavy atom. The molecule has 2 aromatic carbocycles. The number of benzene rings is 2. The first kappa shape index (κ1) is 20.7. The summed E-state index contributed by atoms with van der Waals surface area (Å²) in [6.45, 7) is 1.58. The fourth-order valence-electron chi connectivity index (χ4n) is 2.28. The van der Waals surface area contributed by atoms with Gasteiger partial charge in [-0.2, -0.15) is 4.72 Å². The molecule has 9 heteroatoms. The molecule has 2 N–H and O–H groups in total. The molecule has 0 aliphatic rings. The molecule has 0 spiro atoms. The number of carbonyl (C=O) groups is 1. The molecule has 0 aromatic heterocycles. The van der Waals surface area contributed by atoms with E-state index in [0.717, 1.165) is 0 Å². The molecule has 0 unspecified atom stereocenters. The van der Waals surface area contributed by atoms with E-state index in [4.69, 9.17) is 9.47 Å². The van der Waals surface area contributed by atoms with Crippen LogP contribution in [0.25, 0.3) is 0 Å². The predicted octanol–water partition coefficient (Wildman–Crippen LogP) is 1.83. The molecule has 1 atom stereocenters. The van der Waals surface area contributed by atoms with Crippen LogP contribution in [-0.4, -0.2) is 34.6 Å². The van der Waals surface area contributed by atoms with Gasteiger partial charge in [0.15, 0.2) is 11.5 Å². The van der Waals surface area contributed by atoms with Gasteiger partial charge in [-0.05, 0) is 36.8 Å². The van der Waals surface area contributed by atoms with Crippen molar-refractivity contribution in [2.24, 2.45) is 0 Å². The average molecular weight is 396 g/mol. The highest BCUT2D eigenvalue weighted by Crippen LogP contribution is 2.29. The summed E-state index contributed by atoms with van der Waals surface area (Å²) in [5.74, 6) is -0.236. The second kappa shape index (κ2) is 8.83. The maximum absolute atomic E-state index is 12.9. The largest absolute Gasteiger partial charge is 0.493 e. The zero-order valence-electron chi connectivity index (χ0n) is 15.2. The van der Waals surface area contributed by atoms with E-state index in [1.165, 1.54) is 63.6 Å². The number of rotatable bonds is 8. The van der Waals surface area contributed by atoms with Gasteiger partial charge in [-0.25, -0.2) is 12.8 Å². The maximum Gasteiger partial charge on any atom is 0.241 e. The molecular weight excluding hydrogens is 375 g/mol. The SMILES string of the molecule is COc1ccc(S(=O)(=O)N[C@@H](C)C(=O)NCc2ccc(F)cc2)cc1OC. The molecule has 27 heavy (non-hydrogen) atoms. The standard InChI is InChI=1S/C18H21FN2O5S/c1-12(18(22)20-11-13-4-6-14(19)7-5-13)21-27(23,24)15-8-9-16(25-2)17(10-15)26-3/h4-10,12,21H,11H2,1-3H3,(H,20,22)/t12-/m0/s1. The lowest BCUT2D eigenvalue weighted by atomic mass is 10.2. The van der Waals surface area contributed by atoms with Crippen molar-refractivity contribution < 1.29 is 27.1 Å². The molecule has 0 heterocycles. The molecule has 0 saturated carbocycles. The van der Waals surface area contributed by atoms with E-state index in [0.29, 0.717) is 11.3 Å². The van der Waals surface area contributed by atoms with E-state index in [2.05, 4.69) is 10.0 Å². The zero-order chi connectivity index (χ0) is 20.0. The van der Waals surface area contributed by atoms with E-state index in [9.17, 15) is 17.6 Å². The summed E-state index contributed by atoms with van der Waals surface area (Å²) in [4.78, 5) is 12.1. The maximum atomic E-state index is 12.9. The Morgan fingerprint density at radius 2 is 1.70 bits per heavy atom. The van der Waals surface area contributed by atoms with Crippen LogP contribution in [0.1, 0.15) is 12.5 Å². The Kier molecular flexibility index (Phi) is 6.75. The van der Waals surface area contributed by atoms with Crippen molar-refractivity contribution in [2.75, 3.05) is 14.2 Å².